The average Bonchev–Trinajstić information content (AvgIpc) is 3.40. The summed E-state index contributed by atoms with van der Waals surface area (Å²) in [4.78, 5) is 48.0. The first kappa shape index (κ1) is 26.7. The molecule has 5 rings (SSSR count). The van der Waals surface area contributed by atoms with Gasteiger partial charge in [-0.3, -0.25) is 14.4 Å². The molecule has 2 amide bonds. The van der Waals surface area contributed by atoms with Gasteiger partial charge in [-0.15, -0.1) is 0 Å². The molecule has 8 nitrogen and oxygen atoms in total. The van der Waals surface area contributed by atoms with E-state index in [1.54, 1.807) is 12.3 Å². The van der Waals surface area contributed by atoms with Crippen molar-refractivity contribution in [1.29, 1.82) is 0 Å². The molecule has 39 heavy (non-hydrogen) atoms. The molecule has 1 unspecified atom stereocenters. The predicted molar refractivity (Wildman–Crippen MR) is 149 cm³/mol. The van der Waals surface area contributed by atoms with E-state index in [9.17, 15) is 14.4 Å². The lowest BCUT2D eigenvalue weighted by molar-refractivity contribution is -0.140. The zero-order valence-corrected chi connectivity index (χ0v) is 22.5. The van der Waals surface area contributed by atoms with Gasteiger partial charge in [0.05, 0.1) is 37.2 Å². The number of carbonyl (C=O) groups is 3. The molecule has 2 aliphatic rings. The molecular formula is C30H31ClN4O4. The Morgan fingerprint density at radius 1 is 1.18 bits per heavy atom. The molecule has 0 aliphatic carbocycles. The van der Waals surface area contributed by atoms with Gasteiger partial charge in [-0.1, -0.05) is 48.0 Å². The predicted octanol–water partition coefficient (Wildman–Crippen LogP) is 5.57. The van der Waals surface area contributed by atoms with Crippen LogP contribution in [0.3, 0.4) is 0 Å². The summed E-state index contributed by atoms with van der Waals surface area (Å²) in [6.07, 6.45) is 8.57. The Balaban J connectivity index is 1.43. The summed E-state index contributed by atoms with van der Waals surface area (Å²) >= 11 is 6.20. The van der Waals surface area contributed by atoms with Gasteiger partial charge in [0.25, 0.3) is 0 Å². The Morgan fingerprint density at radius 3 is 2.85 bits per heavy atom. The number of hydrogen-bond acceptors (Lipinski definition) is 5. The van der Waals surface area contributed by atoms with Crippen LogP contribution in [0.15, 0.2) is 60.8 Å². The summed E-state index contributed by atoms with van der Waals surface area (Å²) in [6.45, 7) is 0.609. The number of fused-ring (bicyclic) bond motifs is 4. The number of esters is 1. The van der Waals surface area contributed by atoms with E-state index in [0.717, 1.165) is 28.8 Å². The van der Waals surface area contributed by atoms with Crippen LogP contribution in [0.1, 0.15) is 61.0 Å². The van der Waals surface area contributed by atoms with Gasteiger partial charge < -0.3 is 19.9 Å². The number of benzene rings is 2. The monoisotopic (exact) mass is 546 g/mol. The number of anilines is 1. The first-order chi connectivity index (χ1) is 18.9. The normalized spacial score (nSPS) is 20.6. The Labute approximate surface area is 232 Å². The quantitative estimate of drug-likeness (QED) is 0.329. The number of likely N-dealkylation sites (tertiary alicyclic amines) is 1. The lowest BCUT2D eigenvalue weighted by atomic mass is 9.88. The second-order valence-corrected chi connectivity index (χ2v) is 10.4. The second kappa shape index (κ2) is 11.9. The summed E-state index contributed by atoms with van der Waals surface area (Å²) in [5, 5.41) is 3.67. The molecule has 2 atom stereocenters. The Bertz CT molecular complexity index is 1420. The maximum Gasteiger partial charge on any atom is 0.309 e. The van der Waals surface area contributed by atoms with Crippen LogP contribution in [0.4, 0.5) is 5.69 Å². The average molecular weight is 547 g/mol. The smallest absolute Gasteiger partial charge is 0.309 e. The number of allylic oxidation sites excluding steroid dienone is 1. The number of ether oxygens (including phenoxy) is 1. The van der Waals surface area contributed by atoms with Gasteiger partial charge in [-0.25, -0.2) is 4.98 Å². The van der Waals surface area contributed by atoms with E-state index in [4.69, 9.17) is 16.3 Å². The molecule has 2 aliphatic heterocycles. The van der Waals surface area contributed by atoms with E-state index in [1.807, 2.05) is 53.5 Å². The summed E-state index contributed by atoms with van der Waals surface area (Å²) < 4.78 is 4.79. The van der Waals surface area contributed by atoms with Crippen LogP contribution in [0.2, 0.25) is 5.02 Å². The van der Waals surface area contributed by atoms with Gasteiger partial charge in [-0.2, -0.15) is 0 Å². The minimum Gasteiger partial charge on any atom is -0.469 e. The number of imidazole rings is 1. The topological polar surface area (TPSA) is 104 Å². The van der Waals surface area contributed by atoms with Crippen molar-refractivity contribution in [3.8, 4) is 11.3 Å². The molecule has 2 N–H and O–H groups in total. The third kappa shape index (κ3) is 6.23. The van der Waals surface area contributed by atoms with Crippen molar-refractivity contribution in [3.63, 3.8) is 0 Å². The van der Waals surface area contributed by atoms with Gasteiger partial charge in [-0.05, 0) is 54.5 Å². The van der Waals surface area contributed by atoms with Crippen molar-refractivity contribution in [1.82, 2.24) is 14.9 Å². The SMILES string of the molecule is COC(=O)Cc1ccc2c(c1)NC(=O)CC/C=C/C[C@H](N1CCC(c3cccc(Cl)c3)CC1=O)c1ncc-2[nH]1. The number of nitrogens with one attached hydrogen (secondary N) is 2. The molecule has 202 valence electrons. The second-order valence-electron chi connectivity index (χ2n) is 9.96. The number of carbonyl (C=O) groups excluding carboxylic acids is 3. The van der Waals surface area contributed by atoms with E-state index < -0.39 is 0 Å². The highest BCUT2D eigenvalue weighted by Crippen LogP contribution is 2.36. The maximum absolute atomic E-state index is 13.4. The third-order valence-corrected chi connectivity index (χ3v) is 7.59. The van der Waals surface area contributed by atoms with Crippen LogP contribution in [0.5, 0.6) is 0 Å². The molecule has 3 heterocycles. The molecule has 0 radical (unpaired) electrons. The van der Waals surface area contributed by atoms with E-state index in [2.05, 4.69) is 15.3 Å². The highest BCUT2D eigenvalue weighted by molar-refractivity contribution is 6.30. The van der Waals surface area contributed by atoms with Gasteiger partial charge >= 0.3 is 5.97 Å². The van der Waals surface area contributed by atoms with Crippen molar-refractivity contribution in [2.75, 3.05) is 19.0 Å². The Hall–Kier alpha value is -3.91. The highest BCUT2D eigenvalue weighted by Gasteiger charge is 2.33. The number of hydrogen-bond donors (Lipinski definition) is 2. The number of aromatic nitrogens is 2. The fourth-order valence-electron chi connectivity index (χ4n) is 5.30. The number of rotatable bonds is 4. The van der Waals surface area contributed by atoms with Gasteiger partial charge in [0.1, 0.15) is 5.82 Å². The van der Waals surface area contributed by atoms with Crippen LogP contribution < -0.4 is 5.32 Å². The Morgan fingerprint density at radius 2 is 2.05 bits per heavy atom. The number of piperidine rings is 1. The lowest BCUT2D eigenvalue weighted by Crippen LogP contribution is -2.41. The van der Waals surface area contributed by atoms with Gasteiger partial charge in [0, 0.05) is 30.0 Å². The van der Waals surface area contributed by atoms with Gasteiger partial charge in [0.15, 0.2) is 0 Å². The van der Waals surface area contributed by atoms with Crippen LogP contribution >= 0.6 is 11.6 Å². The molecule has 9 heteroatoms. The van der Waals surface area contributed by atoms with E-state index in [0.29, 0.717) is 48.8 Å². The van der Waals surface area contributed by atoms with E-state index in [1.165, 1.54) is 7.11 Å². The first-order valence-electron chi connectivity index (χ1n) is 13.2. The summed E-state index contributed by atoms with van der Waals surface area (Å²) in [5.41, 5.74) is 3.89. The van der Waals surface area contributed by atoms with Crippen molar-refractivity contribution >= 4 is 35.1 Å². The molecule has 1 saturated heterocycles. The van der Waals surface area contributed by atoms with E-state index >= 15 is 0 Å². The minimum atomic E-state index is -0.355. The number of halogens is 1. The lowest BCUT2D eigenvalue weighted by Gasteiger charge is -2.36. The number of H-pyrrole nitrogens is 1. The molecule has 1 aromatic heterocycles. The first-order valence-corrected chi connectivity index (χ1v) is 13.5. The molecule has 1 fully saturated rings. The molecule has 0 saturated carbocycles. The fourth-order valence-corrected chi connectivity index (χ4v) is 5.50. The summed E-state index contributed by atoms with van der Waals surface area (Å²) in [5.74, 6) is 0.431. The third-order valence-electron chi connectivity index (χ3n) is 7.36. The molecule has 0 spiro atoms. The summed E-state index contributed by atoms with van der Waals surface area (Å²) in [6, 6.07) is 13.0. The summed E-state index contributed by atoms with van der Waals surface area (Å²) in [7, 11) is 1.35. The van der Waals surface area contributed by atoms with Crippen molar-refractivity contribution in [2.45, 2.75) is 50.5 Å². The largest absolute Gasteiger partial charge is 0.469 e. The number of aromatic amines is 1. The fraction of sp³-hybridized carbons (Fsp3) is 0.333. The number of amides is 2. The number of nitrogens with zero attached hydrogens (tertiary/aromatic N) is 2. The van der Waals surface area contributed by atoms with Crippen LogP contribution in [-0.2, 0) is 25.5 Å². The minimum absolute atomic E-state index is 0.0802. The van der Waals surface area contributed by atoms with E-state index in [-0.39, 0.29) is 36.2 Å². The standard InChI is InChI=1S/C30H31ClN4O4/c1-39-29(38)15-19-10-11-23-24(14-19)33-27(36)9-4-2-3-8-26(30-32-18-25(23)34-30)35-13-12-21(17-28(35)37)20-6-5-7-22(31)16-20/h2-3,5-7,10-11,14,16,18,21,26H,4,8-9,12-13,15,17H2,1H3,(H,32,34)(H,33,36)/b3-2+/t21?,26-/m0/s1. The Kier molecular flexibility index (Phi) is 8.12. The van der Waals surface area contributed by atoms with Crippen molar-refractivity contribution < 1.29 is 19.1 Å². The van der Waals surface area contributed by atoms with Crippen molar-refractivity contribution in [2.24, 2.45) is 0 Å². The zero-order valence-electron chi connectivity index (χ0n) is 21.8. The molecule has 2 bridgehead atoms. The molecular weight excluding hydrogens is 516 g/mol. The number of methoxy groups -OCH3 is 1. The van der Waals surface area contributed by atoms with Gasteiger partial charge in [0.2, 0.25) is 11.8 Å². The van der Waals surface area contributed by atoms with Crippen molar-refractivity contribution in [3.05, 3.63) is 82.8 Å². The maximum atomic E-state index is 13.4. The molecule has 2 aromatic carbocycles. The van der Waals surface area contributed by atoms with Crippen LogP contribution in [0, 0.1) is 0 Å². The van der Waals surface area contributed by atoms with Crippen LogP contribution in [-0.4, -0.2) is 46.3 Å². The molecule has 3 aromatic rings. The highest BCUT2D eigenvalue weighted by atomic mass is 35.5. The zero-order chi connectivity index (χ0) is 27.4. The van der Waals surface area contributed by atoms with Crippen LogP contribution in [0.25, 0.3) is 11.3 Å².